The fourth-order valence-electron chi connectivity index (χ4n) is 3.81. The Bertz CT molecular complexity index is 1370. The van der Waals surface area contributed by atoms with Crippen LogP contribution in [0.25, 0.3) is 11.3 Å². The van der Waals surface area contributed by atoms with Gasteiger partial charge in [-0.25, -0.2) is 0 Å². The third-order valence-corrected chi connectivity index (χ3v) is 5.79. The lowest BCUT2D eigenvalue weighted by atomic mass is 10.0. The van der Waals surface area contributed by atoms with Gasteiger partial charge in [-0.15, -0.1) is 0 Å². The van der Waals surface area contributed by atoms with Crippen LogP contribution in [-0.4, -0.2) is 35.6 Å². The number of aromatic nitrogens is 1. The number of nitrogens with one attached hydrogen (secondary N) is 1. The Kier molecular flexibility index (Phi) is 9.72. The summed E-state index contributed by atoms with van der Waals surface area (Å²) in [6.45, 7) is -0.767. The molecular formula is C29H28F2N2O5. The van der Waals surface area contributed by atoms with Crippen molar-refractivity contribution in [2.45, 2.75) is 20.1 Å². The average molecular weight is 523 g/mol. The lowest BCUT2D eigenvalue weighted by Gasteiger charge is -2.10. The minimum absolute atomic E-state index is 0.115. The summed E-state index contributed by atoms with van der Waals surface area (Å²) in [5.41, 5.74) is 4.01. The lowest BCUT2D eigenvalue weighted by Crippen LogP contribution is -2.12. The third kappa shape index (κ3) is 6.83. The molecule has 1 aromatic heterocycles. The van der Waals surface area contributed by atoms with Gasteiger partial charge in [-0.3, -0.25) is 9.59 Å². The van der Waals surface area contributed by atoms with Crippen LogP contribution in [-0.2, 0) is 13.7 Å². The van der Waals surface area contributed by atoms with Gasteiger partial charge in [-0.2, -0.15) is 8.78 Å². The van der Waals surface area contributed by atoms with E-state index in [2.05, 4.69) is 10.1 Å². The van der Waals surface area contributed by atoms with Crippen LogP contribution in [0.5, 0.6) is 11.5 Å². The number of halogens is 2. The molecule has 1 heterocycles. The molecule has 0 spiro atoms. The molecule has 0 saturated heterocycles. The van der Waals surface area contributed by atoms with Gasteiger partial charge in [-0.05, 0) is 61.0 Å². The van der Waals surface area contributed by atoms with Crippen molar-refractivity contribution < 1.29 is 33.0 Å². The van der Waals surface area contributed by atoms with Crippen LogP contribution in [0.15, 0.2) is 78.9 Å². The molecule has 3 aromatic carbocycles. The van der Waals surface area contributed by atoms with Crippen LogP contribution in [0.4, 0.5) is 14.5 Å². The molecule has 9 heteroatoms. The molecule has 38 heavy (non-hydrogen) atoms. The molecular weight excluding hydrogens is 494 g/mol. The van der Waals surface area contributed by atoms with E-state index in [0.717, 1.165) is 12.7 Å². The van der Waals surface area contributed by atoms with Crippen LogP contribution in [0.3, 0.4) is 0 Å². The number of carbonyl (C=O) groups excluding carboxylic acids is 2. The molecule has 0 radical (unpaired) electrons. The zero-order valence-corrected chi connectivity index (χ0v) is 21.2. The minimum atomic E-state index is -2.99. The zero-order chi connectivity index (χ0) is 27.7. The Morgan fingerprint density at radius 1 is 1.00 bits per heavy atom. The number of aliphatic hydroxyl groups is 1. The summed E-state index contributed by atoms with van der Waals surface area (Å²) in [4.78, 5) is 24.7. The van der Waals surface area contributed by atoms with Gasteiger partial charge in [0.15, 0.2) is 6.29 Å². The van der Waals surface area contributed by atoms with E-state index in [0.29, 0.717) is 46.8 Å². The van der Waals surface area contributed by atoms with Crippen LogP contribution >= 0.6 is 0 Å². The van der Waals surface area contributed by atoms with Crippen LogP contribution in [0.2, 0.25) is 0 Å². The molecule has 0 saturated carbocycles. The summed E-state index contributed by atoms with van der Waals surface area (Å²) in [6.07, 6.45) is 0.567. The Morgan fingerprint density at radius 2 is 1.66 bits per heavy atom. The van der Waals surface area contributed by atoms with Crippen LogP contribution in [0, 0.1) is 6.92 Å². The van der Waals surface area contributed by atoms with Gasteiger partial charge in [0.2, 0.25) is 0 Å². The number of hydrogen-bond donors (Lipinski definition) is 2. The third-order valence-electron chi connectivity index (χ3n) is 5.79. The molecule has 0 aliphatic rings. The standard InChI is InChI=1S/C28H24F2N2O4.CH4O/c1-18-25(15-26(32(18)2)24-13-12-23(36-28(29)30)14-20(24)16-33)27(34)31-21-8-10-22(11-9-21)35-17-19-6-4-3-5-7-19;1-2/h3-16,28H,17H2,1-2H3,(H,31,34);2H,1H3. The maximum absolute atomic E-state index is 13.0. The number of amides is 1. The van der Waals surface area contributed by atoms with E-state index in [1.807, 2.05) is 30.3 Å². The van der Waals surface area contributed by atoms with Gasteiger partial charge in [0.05, 0.1) is 5.56 Å². The zero-order valence-electron chi connectivity index (χ0n) is 21.2. The minimum Gasteiger partial charge on any atom is -0.489 e. The van der Waals surface area contributed by atoms with Gasteiger partial charge in [0, 0.05) is 42.4 Å². The topological polar surface area (TPSA) is 89.8 Å². The highest BCUT2D eigenvalue weighted by molar-refractivity contribution is 6.06. The number of aliphatic hydroxyl groups excluding tert-OH is 1. The first-order valence-corrected chi connectivity index (χ1v) is 11.6. The number of rotatable bonds is 9. The van der Waals surface area contributed by atoms with E-state index in [1.165, 1.54) is 18.2 Å². The van der Waals surface area contributed by atoms with Gasteiger partial charge >= 0.3 is 6.61 Å². The molecule has 0 aliphatic carbocycles. The molecule has 198 valence electrons. The van der Waals surface area contributed by atoms with Gasteiger partial charge in [0.1, 0.15) is 18.1 Å². The van der Waals surface area contributed by atoms with Gasteiger partial charge in [0.25, 0.3) is 5.91 Å². The Balaban J connectivity index is 0.00000195. The normalized spacial score (nSPS) is 10.4. The lowest BCUT2D eigenvalue weighted by molar-refractivity contribution is -0.0498. The van der Waals surface area contributed by atoms with E-state index in [4.69, 9.17) is 9.84 Å². The van der Waals surface area contributed by atoms with E-state index in [-0.39, 0.29) is 17.2 Å². The predicted octanol–water partition coefficient (Wildman–Crippen LogP) is 5.85. The van der Waals surface area contributed by atoms with Gasteiger partial charge < -0.3 is 24.5 Å². The van der Waals surface area contributed by atoms with Crippen LogP contribution < -0.4 is 14.8 Å². The van der Waals surface area contributed by atoms with Crippen molar-refractivity contribution in [2.24, 2.45) is 7.05 Å². The highest BCUT2D eigenvalue weighted by atomic mass is 19.3. The number of aldehydes is 1. The molecule has 0 fully saturated rings. The van der Waals surface area contributed by atoms with Gasteiger partial charge in [-0.1, -0.05) is 30.3 Å². The van der Waals surface area contributed by atoms with E-state index in [9.17, 15) is 18.4 Å². The second-order valence-corrected chi connectivity index (χ2v) is 8.09. The number of anilines is 1. The fraction of sp³-hybridized carbons (Fsp3) is 0.172. The molecule has 4 aromatic rings. The van der Waals surface area contributed by atoms with Crippen molar-refractivity contribution >= 4 is 17.9 Å². The van der Waals surface area contributed by atoms with Crippen molar-refractivity contribution in [1.82, 2.24) is 4.57 Å². The van der Waals surface area contributed by atoms with Crippen molar-refractivity contribution in [1.29, 1.82) is 0 Å². The van der Waals surface area contributed by atoms with Crippen molar-refractivity contribution in [2.75, 3.05) is 12.4 Å². The molecule has 0 bridgehead atoms. The summed E-state index contributed by atoms with van der Waals surface area (Å²) >= 11 is 0. The molecule has 7 nitrogen and oxygen atoms in total. The number of ether oxygens (including phenoxy) is 2. The Hall–Kier alpha value is -4.50. The molecule has 4 rings (SSSR count). The number of nitrogens with zero attached hydrogens (tertiary/aromatic N) is 1. The number of benzene rings is 3. The number of hydrogen-bond acceptors (Lipinski definition) is 5. The van der Waals surface area contributed by atoms with E-state index >= 15 is 0 Å². The summed E-state index contributed by atoms with van der Waals surface area (Å²) < 4.78 is 37.0. The molecule has 0 unspecified atom stereocenters. The largest absolute Gasteiger partial charge is 0.489 e. The highest BCUT2D eigenvalue weighted by Crippen LogP contribution is 2.30. The fourth-order valence-corrected chi connectivity index (χ4v) is 3.81. The molecule has 0 atom stereocenters. The number of carbonyl (C=O) groups is 2. The predicted molar refractivity (Wildman–Crippen MR) is 141 cm³/mol. The molecule has 2 N–H and O–H groups in total. The smallest absolute Gasteiger partial charge is 0.387 e. The average Bonchev–Trinajstić information content (AvgIpc) is 3.23. The van der Waals surface area contributed by atoms with Crippen molar-refractivity contribution in [3.63, 3.8) is 0 Å². The summed E-state index contributed by atoms with van der Waals surface area (Å²) in [5, 5.41) is 9.87. The summed E-state index contributed by atoms with van der Waals surface area (Å²) in [6, 6.07) is 22.7. The van der Waals surface area contributed by atoms with Crippen LogP contribution in [0.1, 0.15) is 32.0 Å². The van der Waals surface area contributed by atoms with E-state index < -0.39 is 6.61 Å². The SMILES string of the molecule is CO.Cc1c(C(=O)Nc2ccc(OCc3ccccc3)cc2)cc(-c2ccc(OC(F)F)cc2C=O)n1C. The Labute approximate surface area is 219 Å². The first kappa shape index (κ1) is 28.1. The van der Waals surface area contributed by atoms with Crippen molar-refractivity contribution in [3.05, 3.63) is 101 Å². The summed E-state index contributed by atoms with van der Waals surface area (Å²) in [5.74, 6) is 0.240. The molecule has 1 amide bonds. The first-order valence-electron chi connectivity index (χ1n) is 11.6. The number of alkyl halides is 2. The monoisotopic (exact) mass is 522 g/mol. The second kappa shape index (κ2) is 13.2. The second-order valence-electron chi connectivity index (χ2n) is 8.09. The molecule has 0 aliphatic heterocycles. The highest BCUT2D eigenvalue weighted by Gasteiger charge is 2.19. The van der Waals surface area contributed by atoms with Crippen molar-refractivity contribution in [3.8, 4) is 22.8 Å². The first-order chi connectivity index (χ1) is 18.4. The van der Waals surface area contributed by atoms with E-state index in [1.54, 1.807) is 48.9 Å². The Morgan fingerprint density at radius 3 is 2.29 bits per heavy atom. The maximum atomic E-state index is 13.0. The summed E-state index contributed by atoms with van der Waals surface area (Å²) in [7, 11) is 2.76. The maximum Gasteiger partial charge on any atom is 0.387 e. The quantitative estimate of drug-likeness (QED) is 0.269.